The van der Waals surface area contributed by atoms with E-state index in [1.807, 2.05) is 0 Å². The van der Waals surface area contributed by atoms with Crippen LogP contribution in [0, 0.1) is 5.92 Å². The third-order valence-corrected chi connectivity index (χ3v) is 6.14. The molecule has 2 fully saturated rings. The van der Waals surface area contributed by atoms with Crippen LogP contribution < -0.4 is 26.2 Å². The van der Waals surface area contributed by atoms with Crippen molar-refractivity contribution in [2.75, 3.05) is 49.6 Å². The van der Waals surface area contributed by atoms with Gasteiger partial charge in [0.05, 0.1) is 0 Å². The van der Waals surface area contributed by atoms with Gasteiger partial charge >= 0.3 is 0 Å². The first kappa shape index (κ1) is 20.4. The molecule has 0 aromatic heterocycles. The van der Waals surface area contributed by atoms with E-state index in [-0.39, 0.29) is 0 Å². The van der Waals surface area contributed by atoms with Crippen molar-refractivity contribution in [2.24, 2.45) is 11.7 Å². The topological polar surface area (TPSA) is 56.6 Å². The first-order valence-corrected chi connectivity index (χ1v) is 10.8. The van der Waals surface area contributed by atoms with Crippen LogP contribution in [-0.4, -0.2) is 57.9 Å². The summed E-state index contributed by atoms with van der Waals surface area (Å²) in [5.41, 5.74) is 8.64. The number of anilines is 2. The summed E-state index contributed by atoms with van der Waals surface area (Å²) in [6.07, 6.45) is 4.96. The lowest BCUT2D eigenvalue weighted by atomic mass is 9.86. The van der Waals surface area contributed by atoms with Crippen molar-refractivity contribution in [3.05, 3.63) is 24.3 Å². The Bertz CT molecular complexity index is 560. The quantitative estimate of drug-likeness (QED) is 0.641. The smallest absolute Gasteiger partial charge is 0.0388 e. The van der Waals surface area contributed by atoms with E-state index in [2.05, 4.69) is 65.6 Å². The van der Waals surface area contributed by atoms with E-state index in [0.717, 1.165) is 38.6 Å². The van der Waals surface area contributed by atoms with Gasteiger partial charge in [-0.25, -0.2) is 0 Å². The van der Waals surface area contributed by atoms with E-state index in [0.29, 0.717) is 18.1 Å². The van der Waals surface area contributed by atoms with Gasteiger partial charge in [-0.05, 0) is 70.2 Å². The summed E-state index contributed by atoms with van der Waals surface area (Å²) in [6.45, 7) is 9.88. The fourth-order valence-electron chi connectivity index (χ4n) is 4.54. The molecule has 2 aliphatic rings. The molecule has 1 aromatic carbocycles. The Hall–Kier alpha value is -1.30. The van der Waals surface area contributed by atoms with Crippen LogP contribution in [0.3, 0.4) is 0 Å². The van der Waals surface area contributed by atoms with Crippen LogP contribution in [-0.2, 0) is 0 Å². The maximum Gasteiger partial charge on any atom is 0.0388 e. The van der Waals surface area contributed by atoms with E-state index in [1.54, 1.807) is 0 Å². The van der Waals surface area contributed by atoms with Crippen LogP contribution in [0.5, 0.6) is 0 Å². The zero-order valence-electron chi connectivity index (χ0n) is 17.5. The Morgan fingerprint density at radius 1 is 1.15 bits per heavy atom. The van der Waals surface area contributed by atoms with Crippen molar-refractivity contribution in [1.82, 2.24) is 10.6 Å². The zero-order chi connectivity index (χ0) is 19.2. The maximum absolute atomic E-state index is 6.00. The number of benzene rings is 1. The maximum atomic E-state index is 6.00. The highest BCUT2D eigenvalue weighted by atomic mass is 15.2. The lowest BCUT2D eigenvalue weighted by Gasteiger charge is -2.38. The van der Waals surface area contributed by atoms with Gasteiger partial charge in [-0.15, -0.1) is 0 Å². The average Bonchev–Trinajstić information content (AvgIpc) is 2.66. The van der Waals surface area contributed by atoms with Gasteiger partial charge in [-0.3, -0.25) is 0 Å². The van der Waals surface area contributed by atoms with E-state index in [9.17, 15) is 0 Å². The highest BCUT2D eigenvalue weighted by Gasteiger charge is 2.21. The highest BCUT2D eigenvalue weighted by Crippen LogP contribution is 2.24. The predicted molar refractivity (Wildman–Crippen MR) is 117 cm³/mol. The van der Waals surface area contributed by atoms with Gasteiger partial charge in [0, 0.05) is 62.7 Å². The molecule has 1 heterocycles. The molecule has 3 rings (SSSR count). The van der Waals surface area contributed by atoms with Gasteiger partial charge < -0.3 is 26.2 Å². The van der Waals surface area contributed by atoms with Gasteiger partial charge in [0.25, 0.3) is 0 Å². The largest absolute Gasteiger partial charge is 0.373 e. The monoisotopic (exact) mass is 373 g/mol. The van der Waals surface area contributed by atoms with Crippen LogP contribution in [0.25, 0.3) is 0 Å². The fourth-order valence-corrected chi connectivity index (χ4v) is 4.54. The molecule has 5 heteroatoms. The Balaban J connectivity index is 1.45. The van der Waals surface area contributed by atoms with Gasteiger partial charge in [0.15, 0.2) is 0 Å². The summed E-state index contributed by atoms with van der Waals surface area (Å²) in [6, 6.07) is 10.5. The minimum Gasteiger partial charge on any atom is -0.373 e. The van der Waals surface area contributed by atoms with Gasteiger partial charge in [0.2, 0.25) is 0 Å². The molecular weight excluding hydrogens is 334 g/mol. The number of hydrogen-bond donors (Lipinski definition) is 3. The Morgan fingerprint density at radius 2 is 1.85 bits per heavy atom. The average molecular weight is 374 g/mol. The fraction of sp³-hybridized carbons (Fsp3) is 0.727. The number of nitrogens with one attached hydrogen (secondary N) is 2. The van der Waals surface area contributed by atoms with Crippen molar-refractivity contribution in [3.8, 4) is 0 Å². The molecule has 1 aliphatic heterocycles. The Kier molecular flexibility index (Phi) is 7.39. The first-order chi connectivity index (χ1) is 13.0. The van der Waals surface area contributed by atoms with Crippen LogP contribution in [0.1, 0.15) is 39.5 Å². The molecule has 0 spiro atoms. The summed E-state index contributed by atoms with van der Waals surface area (Å²) >= 11 is 0. The molecule has 0 bridgehead atoms. The second kappa shape index (κ2) is 9.76. The summed E-state index contributed by atoms with van der Waals surface area (Å²) in [7, 11) is 2.20. The number of likely N-dealkylation sites (N-methyl/N-ethyl adjacent to an activating group) is 1. The molecule has 2 unspecified atom stereocenters. The molecule has 2 atom stereocenters. The summed E-state index contributed by atoms with van der Waals surface area (Å²) in [5.74, 6) is 0.815. The van der Waals surface area contributed by atoms with Crippen LogP contribution >= 0.6 is 0 Å². The van der Waals surface area contributed by atoms with E-state index in [1.165, 1.54) is 37.1 Å². The molecule has 0 amide bonds. The molecule has 1 aliphatic carbocycles. The molecule has 152 valence electrons. The number of piperazine rings is 1. The van der Waals surface area contributed by atoms with Gasteiger partial charge in [0.1, 0.15) is 0 Å². The highest BCUT2D eigenvalue weighted by molar-refractivity contribution is 5.59. The molecule has 4 N–H and O–H groups in total. The Morgan fingerprint density at radius 3 is 2.56 bits per heavy atom. The summed E-state index contributed by atoms with van der Waals surface area (Å²) < 4.78 is 0. The van der Waals surface area contributed by atoms with Crippen molar-refractivity contribution in [2.45, 2.75) is 57.7 Å². The molecule has 1 saturated carbocycles. The molecular formula is C22H39N5. The van der Waals surface area contributed by atoms with Crippen molar-refractivity contribution < 1.29 is 0 Å². The predicted octanol–water partition coefficient (Wildman–Crippen LogP) is 2.42. The first-order valence-electron chi connectivity index (χ1n) is 10.8. The molecule has 27 heavy (non-hydrogen) atoms. The SMILES string of the molecule is CC1CN(c2cccc(N(C)CCNCC3CCC(N)CC3)c2)CC(C)N1. The van der Waals surface area contributed by atoms with Crippen molar-refractivity contribution >= 4 is 11.4 Å². The summed E-state index contributed by atoms with van der Waals surface area (Å²) in [4.78, 5) is 4.87. The lowest BCUT2D eigenvalue weighted by Crippen LogP contribution is -2.54. The minimum atomic E-state index is 0.446. The molecule has 0 radical (unpaired) electrons. The van der Waals surface area contributed by atoms with Crippen molar-refractivity contribution in [1.29, 1.82) is 0 Å². The lowest BCUT2D eigenvalue weighted by molar-refractivity contribution is 0.315. The van der Waals surface area contributed by atoms with Crippen molar-refractivity contribution in [3.63, 3.8) is 0 Å². The van der Waals surface area contributed by atoms with E-state index >= 15 is 0 Å². The normalized spacial score (nSPS) is 29.0. The van der Waals surface area contributed by atoms with E-state index < -0.39 is 0 Å². The molecule has 1 aromatic rings. The number of hydrogen-bond acceptors (Lipinski definition) is 5. The van der Waals surface area contributed by atoms with Gasteiger partial charge in [-0.2, -0.15) is 0 Å². The summed E-state index contributed by atoms with van der Waals surface area (Å²) in [5, 5.41) is 7.27. The van der Waals surface area contributed by atoms with E-state index in [4.69, 9.17) is 5.73 Å². The number of nitrogens with zero attached hydrogens (tertiary/aromatic N) is 2. The Labute approximate surface area is 165 Å². The van der Waals surface area contributed by atoms with Crippen LogP contribution in [0.2, 0.25) is 0 Å². The molecule has 5 nitrogen and oxygen atoms in total. The van der Waals surface area contributed by atoms with Gasteiger partial charge in [-0.1, -0.05) is 6.07 Å². The van der Waals surface area contributed by atoms with Crippen LogP contribution in [0.15, 0.2) is 24.3 Å². The third kappa shape index (κ3) is 6.09. The molecule has 1 saturated heterocycles. The number of nitrogens with two attached hydrogens (primary N) is 1. The second-order valence-corrected chi connectivity index (χ2v) is 8.80. The minimum absolute atomic E-state index is 0.446. The van der Waals surface area contributed by atoms with Crippen LogP contribution in [0.4, 0.5) is 11.4 Å². The second-order valence-electron chi connectivity index (χ2n) is 8.80. The zero-order valence-corrected chi connectivity index (χ0v) is 17.5. The standard InChI is InChI=1S/C22H39N5/c1-17-15-27(16-18(2)25-17)22-6-4-5-21(13-22)26(3)12-11-24-14-19-7-9-20(23)10-8-19/h4-6,13,17-20,24-25H,7-12,14-16,23H2,1-3H3. The number of rotatable bonds is 7. The third-order valence-electron chi connectivity index (χ3n) is 6.14.